The van der Waals surface area contributed by atoms with E-state index in [0.717, 1.165) is 11.8 Å². The smallest absolute Gasteiger partial charge is 0.321 e. The zero-order chi connectivity index (χ0) is 17.7. The van der Waals surface area contributed by atoms with Crippen molar-refractivity contribution < 1.29 is 9.59 Å². The summed E-state index contributed by atoms with van der Waals surface area (Å²) in [7, 11) is 0. The number of aromatic nitrogens is 3. The average Bonchev–Trinajstić information content (AvgIpc) is 2.86. The van der Waals surface area contributed by atoms with Crippen molar-refractivity contribution in [2.45, 2.75) is 12.1 Å². The first kappa shape index (κ1) is 18.4. The average molecular weight is 389 g/mol. The molecule has 1 aromatic carbocycles. The van der Waals surface area contributed by atoms with Gasteiger partial charge in [-0.15, -0.1) is 10.2 Å². The van der Waals surface area contributed by atoms with Crippen molar-refractivity contribution in [1.29, 1.82) is 0 Å². The molecule has 0 unspecified atom stereocenters. The second-order valence-electron chi connectivity index (χ2n) is 4.50. The van der Waals surface area contributed by atoms with Crippen LogP contribution in [0.3, 0.4) is 0 Å². The summed E-state index contributed by atoms with van der Waals surface area (Å²) in [6.45, 7) is 2.17. The van der Waals surface area contributed by atoms with Gasteiger partial charge in [0.25, 0.3) is 0 Å². The Morgan fingerprint density at radius 1 is 1.33 bits per heavy atom. The number of nitrogen functional groups attached to an aromatic ring is 1. The second-order valence-corrected chi connectivity index (χ2v) is 6.28. The van der Waals surface area contributed by atoms with Gasteiger partial charge >= 0.3 is 6.03 Å². The number of rotatable bonds is 5. The van der Waals surface area contributed by atoms with E-state index in [1.54, 1.807) is 25.1 Å². The fraction of sp³-hybridized carbons (Fsp3) is 0.231. The van der Waals surface area contributed by atoms with E-state index in [9.17, 15) is 9.59 Å². The van der Waals surface area contributed by atoms with Crippen LogP contribution >= 0.6 is 35.0 Å². The molecule has 2 aromatic rings. The summed E-state index contributed by atoms with van der Waals surface area (Å²) in [6.07, 6.45) is 0. The maximum atomic E-state index is 11.7. The summed E-state index contributed by atoms with van der Waals surface area (Å²) >= 11 is 13.0. The standard InChI is InChI=1S/C13H14Cl2N6O2S/c1-2-17-12(23)18-10(22)6-24-13-20-19-11(21(13)16)8-4-3-7(14)5-9(8)15/h3-5H,2,6,16H2,1H3,(H2,17,18,22,23). The lowest BCUT2D eigenvalue weighted by atomic mass is 10.2. The zero-order valence-corrected chi connectivity index (χ0v) is 14.9. The predicted octanol–water partition coefficient (Wildman–Crippen LogP) is 1.90. The molecule has 0 saturated carbocycles. The number of urea groups is 1. The van der Waals surface area contributed by atoms with Crippen LogP contribution in [0.15, 0.2) is 23.4 Å². The molecule has 1 aromatic heterocycles. The summed E-state index contributed by atoms with van der Waals surface area (Å²) in [4.78, 5) is 22.9. The number of nitrogens with two attached hydrogens (primary N) is 1. The number of carbonyl (C=O) groups is 2. The van der Waals surface area contributed by atoms with E-state index < -0.39 is 11.9 Å². The zero-order valence-electron chi connectivity index (χ0n) is 12.5. The lowest BCUT2D eigenvalue weighted by Gasteiger charge is -2.06. The predicted molar refractivity (Wildman–Crippen MR) is 93.6 cm³/mol. The number of nitrogens with zero attached hydrogens (tertiary/aromatic N) is 3. The SMILES string of the molecule is CCNC(=O)NC(=O)CSc1nnc(-c2ccc(Cl)cc2Cl)n1N. The van der Waals surface area contributed by atoms with Gasteiger partial charge in [0.2, 0.25) is 11.1 Å². The number of amides is 3. The number of benzene rings is 1. The van der Waals surface area contributed by atoms with Gasteiger partial charge in [-0.25, -0.2) is 9.47 Å². The molecule has 2 rings (SSSR count). The van der Waals surface area contributed by atoms with E-state index >= 15 is 0 Å². The monoisotopic (exact) mass is 388 g/mol. The van der Waals surface area contributed by atoms with Gasteiger partial charge in [0.1, 0.15) is 0 Å². The van der Waals surface area contributed by atoms with E-state index in [2.05, 4.69) is 20.8 Å². The fourth-order valence-corrected chi connectivity index (χ4v) is 2.88. The first-order chi connectivity index (χ1) is 11.4. The van der Waals surface area contributed by atoms with Crippen molar-refractivity contribution in [1.82, 2.24) is 25.5 Å². The molecule has 0 aliphatic carbocycles. The molecule has 8 nitrogen and oxygen atoms in total. The van der Waals surface area contributed by atoms with Crippen molar-refractivity contribution in [3.05, 3.63) is 28.2 Å². The molecule has 0 aliphatic rings. The summed E-state index contributed by atoms with van der Waals surface area (Å²) in [6, 6.07) is 4.35. The van der Waals surface area contributed by atoms with Gasteiger partial charge in [-0.2, -0.15) is 0 Å². The van der Waals surface area contributed by atoms with E-state index in [0.29, 0.717) is 33.1 Å². The van der Waals surface area contributed by atoms with Crippen molar-refractivity contribution in [2.75, 3.05) is 18.1 Å². The van der Waals surface area contributed by atoms with Gasteiger partial charge in [0.05, 0.1) is 10.8 Å². The number of hydrogen-bond acceptors (Lipinski definition) is 6. The van der Waals surface area contributed by atoms with Crippen molar-refractivity contribution in [2.24, 2.45) is 0 Å². The van der Waals surface area contributed by atoms with Gasteiger partial charge in [0.15, 0.2) is 5.82 Å². The Kier molecular flexibility index (Phi) is 6.29. The molecular formula is C13H14Cl2N6O2S. The Morgan fingerprint density at radius 3 is 2.75 bits per heavy atom. The molecule has 0 spiro atoms. The van der Waals surface area contributed by atoms with Crippen LogP contribution in [0.4, 0.5) is 4.79 Å². The van der Waals surface area contributed by atoms with Crippen LogP contribution in [0.1, 0.15) is 6.92 Å². The van der Waals surface area contributed by atoms with Crippen molar-refractivity contribution in [3.63, 3.8) is 0 Å². The highest BCUT2D eigenvalue weighted by Crippen LogP contribution is 2.30. The van der Waals surface area contributed by atoms with E-state index in [1.807, 2.05) is 0 Å². The van der Waals surface area contributed by atoms with Crippen LogP contribution in [0.5, 0.6) is 0 Å². The molecular weight excluding hydrogens is 375 g/mol. The molecule has 0 atom stereocenters. The Bertz CT molecular complexity index is 767. The highest BCUT2D eigenvalue weighted by Gasteiger charge is 2.16. The summed E-state index contributed by atoms with van der Waals surface area (Å²) < 4.78 is 1.22. The fourth-order valence-electron chi connectivity index (χ4n) is 1.73. The Labute approximate surface area is 152 Å². The third-order valence-corrected chi connectivity index (χ3v) is 4.25. The first-order valence-corrected chi connectivity index (χ1v) is 8.53. The highest BCUT2D eigenvalue weighted by atomic mass is 35.5. The van der Waals surface area contributed by atoms with Crippen LogP contribution < -0.4 is 16.5 Å². The molecule has 0 saturated heterocycles. The Balaban J connectivity index is 2.05. The van der Waals surface area contributed by atoms with Gasteiger partial charge in [0, 0.05) is 17.1 Å². The quantitative estimate of drug-likeness (QED) is 0.532. The maximum Gasteiger partial charge on any atom is 0.321 e. The highest BCUT2D eigenvalue weighted by molar-refractivity contribution is 7.99. The molecule has 11 heteroatoms. The first-order valence-electron chi connectivity index (χ1n) is 6.78. The molecule has 0 bridgehead atoms. The van der Waals surface area contributed by atoms with Crippen LogP contribution in [0.2, 0.25) is 10.0 Å². The maximum absolute atomic E-state index is 11.7. The van der Waals surface area contributed by atoms with E-state index in [1.165, 1.54) is 4.68 Å². The number of nitrogens with one attached hydrogen (secondary N) is 2. The minimum absolute atomic E-state index is 0.0409. The van der Waals surface area contributed by atoms with Gasteiger partial charge in [-0.05, 0) is 25.1 Å². The number of carbonyl (C=O) groups excluding carboxylic acids is 2. The lowest BCUT2D eigenvalue weighted by Crippen LogP contribution is -2.40. The molecule has 24 heavy (non-hydrogen) atoms. The molecule has 4 N–H and O–H groups in total. The minimum atomic E-state index is -0.550. The second kappa shape index (κ2) is 8.22. The van der Waals surface area contributed by atoms with Gasteiger partial charge in [-0.3, -0.25) is 10.1 Å². The summed E-state index contributed by atoms with van der Waals surface area (Å²) in [5.74, 6) is 5.77. The molecule has 0 aliphatic heterocycles. The van der Waals surface area contributed by atoms with E-state index in [-0.39, 0.29) is 5.75 Å². The largest absolute Gasteiger partial charge is 0.338 e. The van der Waals surface area contributed by atoms with Crippen LogP contribution in [0, 0.1) is 0 Å². The normalized spacial score (nSPS) is 10.5. The Hall–Kier alpha value is -1.97. The topological polar surface area (TPSA) is 115 Å². The molecule has 128 valence electrons. The van der Waals surface area contributed by atoms with Crippen LogP contribution in [0.25, 0.3) is 11.4 Å². The number of thioether (sulfide) groups is 1. The number of imide groups is 1. The third kappa shape index (κ3) is 4.53. The van der Waals surface area contributed by atoms with Gasteiger partial charge in [-0.1, -0.05) is 35.0 Å². The number of hydrogen-bond donors (Lipinski definition) is 3. The lowest BCUT2D eigenvalue weighted by molar-refractivity contribution is -0.117. The molecule has 0 fully saturated rings. The van der Waals surface area contributed by atoms with E-state index in [4.69, 9.17) is 29.0 Å². The third-order valence-electron chi connectivity index (χ3n) is 2.76. The molecule has 3 amide bonds. The number of halogens is 2. The van der Waals surface area contributed by atoms with Crippen molar-refractivity contribution >= 4 is 46.9 Å². The van der Waals surface area contributed by atoms with Crippen LogP contribution in [-0.2, 0) is 4.79 Å². The van der Waals surface area contributed by atoms with Crippen molar-refractivity contribution in [3.8, 4) is 11.4 Å². The van der Waals surface area contributed by atoms with Gasteiger partial charge < -0.3 is 11.2 Å². The minimum Gasteiger partial charge on any atom is -0.338 e. The summed E-state index contributed by atoms with van der Waals surface area (Å²) in [5, 5.41) is 13.7. The molecule has 0 radical (unpaired) electrons. The van der Waals surface area contributed by atoms with Crippen LogP contribution in [-0.4, -0.2) is 39.1 Å². The summed E-state index contributed by atoms with van der Waals surface area (Å²) in [5.41, 5.74) is 0.565. The molecule has 1 heterocycles. The Morgan fingerprint density at radius 2 is 2.08 bits per heavy atom.